The molecule has 0 heterocycles. The molecule has 0 unspecified atom stereocenters. The first-order valence-electron chi connectivity index (χ1n) is 5.72. The number of halogens is 2. The molecule has 1 aliphatic carbocycles. The number of hydrogen-bond acceptors (Lipinski definition) is 4. The normalized spacial score (nSPS) is 23.1. The Balaban J connectivity index is 2.13. The lowest BCUT2D eigenvalue weighted by atomic mass is 9.83. The molecule has 2 rings (SSSR count). The minimum Gasteiger partial charge on any atom is -0.396 e. The molecular formula is C11H14ClFN2O3S. The maximum atomic E-state index is 13.1. The van der Waals surface area contributed by atoms with Gasteiger partial charge < -0.3 is 10.8 Å². The summed E-state index contributed by atoms with van der Waals surface area (Å²) < 4.78 is 39.5. The lowest BCUT2D eigenvalue weighted by Crippen LogP contribution is -2.38. The maximum absolute atomic E-state index is 13.1. The van der Waals surface area contributed by atoms with Gasteiger partial charge in [0.1, 0.15) is 10.7 Å². The van der Waals surface area contributed by atoms with Crippen LogP contribution in [0.15, 0.2) is 17.0 Å². The molecule has 1 aromatic rings. The molecule has 1 aromatic carbocycles. The van der Waals surface area contributed by atoms with Gasteiger partial charge in [-0.2, -0.15) is 0 Å². The Bertz CT molecular complexity index is 588. The van der Waals surface area contributed by atoms with Crippen molar-refractivity contribution in [3.05, 3.63) is 23.0 Å². The maximum Gasteiger partial charge on any atom is 0.242 e. The number of nitrogen functional groups attached to an aromatic ring is 1. The summed E-state index contributed by atoms with van der Waals surface area (Å²) in [5.41, 5.74) is 5.06. The van der Waals surface area contributed by atoms with E-state index < -0.39 is 15.8 Å². The van der Waals surface area contributed by atoms with Gasteiger partial charge in [-0.3, -0.25) is 0 Å². The molecule has 0 saturated heterocycles. The number of aliphatic hydroxyl groups excluding tert-OH is 1. The smallest absolute Gasteiger partial charge is 0.242 e. The highest BCUT2D eigenvalue weighted by Gasteiger charge is 2.29. The highest BCUT2D eigenvalue weighted by atomic mass is 35.5. The molecule has 0 aromatic heterocycles. The van der Waals surface area contributed by atoms with Crippen molar-refractivity contribution >= 4 is 27.3 Å². The fourth-order valence-corrected chi connectivity index (χ4v) is 3.59. The van der Waals surface area contributed by atoms with Gasteiger partial charge in [-0.15, -0.1) is 0 Å². The van der Waals surface area contributed by atoms with Crippen LogP contribution < -0.4 is 10.5 Å². The monoisotopic (exact) mass is 308 g/mol. The second kappa shape index (κ2) is 5.24. The molecular weight excluding hydrogens is 295 g/mol. The molecule has 1 fully saturated rings. The standard InChI is InChI=1S/C11H14ClFN2O3S/c12-8-3-9(13)10(14)4-11(8)19(17,18)15-5-6-1-7(16)2-6/h3-4,6-7,15-16H,1-2,5,14H2. The van der Waals surface area contributed by atoms with E-state index in [1.54, 1.807) is 0 Å². The predicted octanol–water partition coefficient (Wildman–Crippen LogP) is 1.11. The molecule has 0 amide bonds. The summed E-state index contributed by atoms with van der Waals surface area (Å²) in [4.78, 5) is -0.243. The molecule has 0 atom stereocenters. The molecule has 8 heteroatoms. The van der Waals surface area contributed by atoms with E-state index in [1.165, 1.54) is 0 Å². The third-order valence-corrected chi connectivity index (χ3v) is 5.00. The number of benzene rings is 1. The summed E-state index contributed by atoms with van der Waals surface area (Å²) in [7, 11) is -3.83. The van der Waals surface area contributed by atoms with E-state index in [1.807, 2.05) is 0 Å². The van der Waals surface area contributed by atoms with Gasteiger partial charge >= 0.3 is 0 Å². The van der Waals surface area contributed by atoms with Crippen molar-refractivity contribution in [2.24, 2.45) is 5.92 Å². The minimum atomic E-state index is -3.83. The number of hydrogen-bond donors (Lipinski definition) is 3. The van der Waals surface area contributed by atoms with Gasteiger partial charge in [0, 0.05) is 6.54 Å². The summed E-state index contributed by atoms with van der Waals surface area (Å²) in [6, 6.07) is 1.87. The van der Waals surface area contributed by atoms with Crippen LogP contribution in [0.2, 0.25) is 5.02 Å². The zero-order chi connectivity index (χ0) is 14.2. The fourth-order valence-electron chi connectivity index (χ4n) is 1.92. The molecule has 1 aliphatic rings. The zero-order valence-electron chi connectivity index (χ0n) is 9.94. The fraction of sp³-hybridized carbons (Fsp3) is 0.455. The Morgan fingerprint density at radius 2 is 2.11 bits per heavy atom. The summed E-state index contributed by atoms with van der Waals surface area (Å²) in [5.74, 6) is -0.646. The highest BCUT2D eigenvalue weighted by Crippen LogP contribution is 2.29. The Hall–Kier alpha value is -0.890. The van der Waals surface area contributed by atoms with Gasteiger partial charge in [0.25, 0.3) is 0 Å². The van der Waals surface area contributed by atoms with Crippen molar-refractivity contribution in [2.45, 2.75) is 23.8 Å². The van der Waals surface area contributed by atoms with Crippen molar-refractivity contribution in [1.82, 2.24) is 4.72 Å². The van der Waals surface area contributed by atoms with Gasteiger partial charge in [0.05, 0.1) is 16.8 Å². The third kappa shape index (κ3) is 3.17. The van der Waals surface area contributed by atoms with E-state index in [4.69, 9.17) is 22.4 Å². The van der Waals surface area contributed by atoms with Gasteiger partial charge in [-0.05, 0) is 30.9 Å². The second-order valence-electron chi connectivity index (χ2n) is 4.65. The second-order valence-corrected chi connectivity index (χ2v) is 6.79. The molecule has 0 aliphatic heterocycles. The Kier molecular flexibility index (Phi) is 4.00. The van der Waals surface area contributed by atoms with Crippen molar-refractivity contribution in [3.63, 3.8) is 0 Å². The molecule has 0 spiro atoms. The van der Waals surface area contributed by atoms with Crippen molar-refractivity contribution < 1.29 is 17.9 Å². The minimum absolute atomic E-state index is 0.112. The molecule has 106 valence electrons. The van der Waals surface area contributed by atoms with Crippen LogP contribution in [0.25, 0.3) is 0 Å². The van der Waals surface area contributed by atoms with Gasteiger partial charge in [-0.25, -0.2) is 17.5 Å². The molecule has 1 saturated carbocycles. The largest absolute Gasteiger partial charge is 0.396 e. The van der Waals surface area contributed by atoms with E-state index in [0.29, 0.717) is 12.8 Å². The molecule has 19 heavy (non-hydrogen) atoms. The first-order chi connectivity index (χ1) is 8.79. The Labute approximate surface area is 115 Å². The van der Waals surface area contributed by atoms with E-state index in [0.717, 1.165) is 12.1 Å². The lowest BCUT2D eigenvalue weighted by molar-refractivity contribution is 0.0453. The quantitative estimate of drug-likeness (QED) is 0.727. The average Bonchev–Trinajstić information content (AvgIpc) is 2.27. The molecule has 4 N–H and O–H groups in total. The van der Waals surface area contributed by atoms with Crippen LogP contribution in [0, 0.1) is 11.7 Å². The number of rotatable bonds is 4. The predicted molar refractivity (Wildman–Crippen MR) is 69.7 cm³/mol. The van der Waals surface area contributed by atoms with Gasteiger partial charge in [0.15, 0.2) is 0 Å². The number of aliphatic hydroxyl groups is 1. The van der Waals surface area contributed by atoms with Crippen molar-refractivity contribution in [1.29, 1.82) is 0 Å². The van der Waals surface area contributed by atoms with Gasteiger partial charge in [0.2, 0.25) is 10.0 Å². The highest BCUT2D eigenvalue weighted by molar-refractivity contribution is 7.89. The molecule has 0 bridgehead atoms. The summed E-state index contributed by atoms with van der Waals surface area (Å²) in [6.07, 6.45) is 0.795. The van der Waals surface area contributed by atoms with Crippen molar-refractivity contribution in [3.8, 4) is 0 Å². The van der Waals surface area contributed by atoms with Crippen LogP contribution in [-0.2, 0) is 10.0 Å². The van der Waals surface area contributed by atoms with Crippen LogP contribution in [0.1, 0.15) is 12.8 Å². The summed E-state index contributed by atoms with van der Waals surface area (Å²) in [6.45, 7) is 0.215. The van der Waals surface area contributed by atoms with Crippen LogP contribution in [0.3, 0.4) is 0 Å². The Morgan fingerprint density at radius 1 is 1.47 bits per heavy atom. The first-order valence-corrected chi connectivity index (χ1v) is 7.58. The number of anilines is 1. The summed E-state index contributed by atoms with van der Waals surface area (Å²) in [5, 5.41) is 8.90. The zero-order valence-corrected chi connectivity index (χ0v) is 11.5. The van der Waals surface area contributed by atoms with E-state index in [9.17, 15) is 12.8 Å². The van der Waals surface area contributed by atoms with E-state index in [-0.39, 0.29) is 34.2 Å². The van der Waals surface area contributed by atoms with Crippen LogP contribution in [-0.4, -0.2) is 26.2 Å². The van der Waals surface area contributed by atoms with Crippen molar-refractivity contribution in [2.75, 3.05) is 12.3 Å². The summed E-state index contributed by atoms with van der Waals surface area (Å²) >= 11 is 5.72. The number of nitrogens with two attached hydrogens (primary N) is 1. The molecule has 0 radical (unpaired) electrons. The third-order valence-electron chi connectivity index (χ3n) is 3.11. The number of sulfonamides is 1. The van der Waals surface area contributed by atoms with Gasteiger partial charge in [-0.1, -0.05) is 11.6 Å². The topological polar surface area (TPSA) is 92.4 Å². The SMILES string of the molecule is Nc1cc(S(=O)(=O)NCC2CC(O)C2)c(Cl)cc1F. The van der Waals surface area contributed by atoms with Crippen LogP contribution in [0.4, 0.5) is 10.1 Å². The Morgan fingerprint density at radius 3 is 2.68 bits per heavy atom. The lowest BCUT2D eigenvalue weighted by Gasteiger charge is -2.31. The van der Waals surface area contributed by atoms with E-state index in [2.05, 4.69) is 4.72 Å². The first kappa shape index (κ1) is 14.5. The van der Waals surface area contributed by atoms with Crippen LogP contribution >= 0.6 is 11.6 Å². The average molecular weight is 309 g/mol. The molecule has 5 nitrogen and oxygen atoms in total. The number of nitrogens with one attached hydrogen (secondary N) is 1. The van der Waals surface area contributed by atoms with E-state index >= 15 is 0 Å². The van der Waals surface area contributed by atoms with Crippen LogP contribution in [0.5, 0.6) is 0 Å².